The van der Waals surface area contributed by atoms with Crippen LogP contribution in [0.25, 0.3) is 22.4 Å². The van der Waals surface area contributed by atoms with E-state index >= 15 is 4.39 Å². The van der Waals surface area contributed by atoms with E-state index in [4.69, 9.17) is 32.7 Å². The van der Waals surface area contributed by atoms with E-state index in [2.05, 4.69) is 20.6 Å². The third-order valence-electron chi connectivity index (χ3n) is 9.14. The number of hydrogen-bond acceptors (Lipinski definition) is 9. The van der Waals surface area contributed by atoms with Crippen LogP contribution < -0.4 is 15.4 Å². The molecule has 2 aliphatic heterocycles. The summed E-state index contributed by atoms with van der Waals surface area (Å²) < 4.78 is 27.1. The Morgan fingerprint density at radius 2 is 1.85 bits per heavy atom. The van der Waals surface area contributed by atoms with Gasteiger partial charge in [-0.1, -0.05) is 47.5 Å². The largest absolute Gasteiger partial charge is 0.496 e. The monoisotopic (exact) mass is 764 g/mol. The lowest BCUT2D eigenvalue weighted by Gasteiger charge is -2.29. The van der Waals surface area contributed by atoms with Crippen LogP contribution in [-0.2, 0) is 22.6 Å². The minimum Gasteiger partial charge on any atom is -0.496 e. The van der Waals surface area contributed by atoms with Gasteiger partial charge in [0.05, 0.1) is 41.2 Å². The van der Waals surface area contributed by atoms with Crippen molar-refractivity contribution in [2.45, 2.75) is 70.9 Å². The average Bonchev–Trinajstić information content (AvgIpc) is 3.73. The second kappa shape index (κ2) is 16.3. The number of aromatic nitrogens is 2. The van der Waals surface area contributed by atoms with Crippen LogP contribution >= 0.6 is 23.2 Å². The number of amides is 2. The number of rotatable bonds is 11. The first-order chi connectivity index (χ1) is 25.3. The number of nitrogens with one attached hydrogen (secondary N) is 2. The Labute approximate surface area is 318 Å². The van der Waals surface area contributed by atoms with Crippen LogP contribution in [0, 0.1) is 5.82 Å². The molecule has 0 radical (unpaired) electrons. The maximum Gasteiger partial charge on any atom is 0.410 e. The predicted molar refractivity (Wildman–Crippen MR) is 203 cm³/mol. The maximum absolute atomic E-state index is 15.6. The Hall–Kier alpha value is -4.49. The third-order valence-corrected chi connectivity index (χ3v) is 9.93. The quantitative estimate of drug-likeness (QED) is 0.142. The Kier molecular flexibility index (Phi) is 11.7. The lowest BCUT2D eigenvalue weighted by Crippen LogP contribution is -2.43. The number of β-amino-alcohol motifs (C(OH)–C–C–N with tert-alkyl or cyclic N) is 1. The summed E-state index contributed by atoms with van der Waals surface area (Å²) >= 11 is 14.0. The molecule has 3 N–H and O–H groups in total. The molecule has 14 heteroatoms. The summed E-state index contributed by atoms with van der Waals surface area (Å²) in [5.74, 6) is 0.0187. The number of methoxy groups -OCH3 is 1. The molecule has 53 heavy (non-hydrogen) atoms. The van der Waals surface area contributed by atoms with Crippen molar-refractivity contribution in [2.75, 3.05) is 32.1 Å². The van der Waals surface area contributed by atoms with Gasteiger partial charge in [0.1, 0.15) is 11.4 Å². The molecular weight excluding hydrogens is 722 g/mol. The molecule has 0 spiro atoms. The molecule has 2 saturated heterocycles. The first-order valence-electron chi connectivity index (χ1n) is 17.5. The molecule has 2 atom stereocenters. The number of nitrogens with zero attached hydrogens (tertiary/aromatic N) is 4. The molecule has 2 aromatic heterocycles. The Morgan fingerprint density at radius 1 is 1.08 bits per heavy atom. The Morgan fingerprint density at radius 3 is 2.55 bits per heavy atom. The van der Waals surface area contributed by atoms with Gasteiger partial charge in [0.25, 0.3) is 0 Å². The Bertz CT molecular complexity index is 1990. The van der Waals surface area contributed by atoms with Crippen LogP contribution in [0.15, 0.2) is 60.9 Å². The second-order valence-electron chi connectivity index (χ2n) is 14.3. The zero-order valence-electron chi connectivity index (χ0n) is 30.1. The molecule has 11 nitrogen and oxygen atoms in total. The van der Waals surface area contributed by atoms with E-state index < -0.39 is 23.6 Å². The predicted octanol–water partition coefficient (Wildman–Crippen LogP) is 7.59. The van der Waals surface area contributed by atoms with Crippen molar-refractivity contribution in [1.82, 2.24) is 25.1 Å². The van der Waals surface area contributed by atoms with Gasteiger partial charge in [-0.2, -0.15) is 0 Å². The number of aliphatic hydroxyl groups excluding tert-OH is 1. The van der Waals surface area contributed by atoms with Gasteiger partial charge in [-0.05, 0) is 57.9 Å². The van der Waals surface area contributed by atoms with Gasteiger partial charge < -0.3 is 30.1 Å². The minimum atomic E-state index is -0.703. The highest BCUT2D eigenvalue weighted by Gasteiger charge is 2.29. The van der Waals surface area contributed by atoms with Crippen molar-refractivity contribution in [2.24, 2.45) is 0 Å². The van der Waals surface area contributed by atoms with Gasteiger partial charge in [-0.25, -0.2) is 14.2 Å². The molecule has 0 aliphatic carbocycles. The van der Waals surface area contributed by atoms with Crippen molar-refractivity contribution in [1.29, 1.82) is 0 Å². The van der Waals surface area contributed by atoms with E-state index in [1.165, 1.54) is 0 Å². The molecule has 6 rings (SSSR count). The van der Waals surface area contributed by atoms with Crippen LogP contribution in [-0.4, -0.2) is 81.4 Å². The summed E-state index contributed by atoms with van der Waals surface area (Å²) in [7, 11) is 1.55. The van der Waals surface area contributed by atoms with Gasteiger partial charge >= 0.3 is 6.09 Å². The molecule has 0 unspecified atom stereocenters. The van der Waals surface area contributed by atoms with Crippen LogP contribution in [0.5, 0.6) is 5.75 Å². The van der Waals surface area contributed by atoms with Crippen LogP contribution in [0.2, 0.25) is 10.0 Å². The number of benzene rings is 2. The summed E-state index contributed by atoms with van der Waals surface area (Å²) in [6.07, 6.45) is 3.99. The topological polar surface area (TPSA) is 129 Å². The molecular formula is C39H43Cl2FN6O5. The molecule has 4 heterocycles. The SMILES string of the molecule is COc1cc(-c2nccc(-c3cccc(Nc4nccc(CN5CC[C@H](O)C5)c4F)c3Cl)c2Cl)ccc1CN(C[C@@H]1CCC(=O)N1)C(=O)OC(C)(C)C. The third kappa shape index (κ3) is 9.18. The number of carbonyl (C=O) groups is 2. The number of ether oxygens (including phenoxy) is 2. The number of anilines is 2. The Balaban J connectivity index is 1.25. The van der Waals surface area contributed by atoms with Gasteiger partial charge in [0.2, 0.25) is 5.91 Å². The second-order valence-corrected chi connectivity index (χ2v) is 15.1. The van der Waals surface area contributed by atoms with Crippen molar-refractivity contribution in [3.8, 4) is 28.1 Å². The van der Waals surface area contributed by atoms with E-state index in [1.807, 2.05) is 29.2 Å². The first-order valence-corrected chi connectivity index (χ1v) is 18.2. The lowest BCUT2D eigenvalue weighted by molar-refractivity contribution is -0.119. The van der Waals surface area contributed by atoms with Crippen molar-refractivity contribution < 1.29 is 28.6 Å². The zero-order chi connectivity index (χ0) is 37.9. The fourth-order valence-corrected chi connectivity index (χ4v) is 7.14. The molecule has 2 aliphatic rings. The molecule has 2 amide bonds. The van der Waals surface area contributed by atoms with Crippen LogP contribution in [0.4, 0.5) is 20.7 Å². The van der Waals surface area contributed by atoms with E-state index in [-0.39, 0.29) is 30.9 Å². The van der Waals surface area contributed by atoms with Crippen molar-refractivity contribution in [3.63, 3.8) is 0 Å². The number of pyridine rings is 2. The number of carbonyl (C=O) groups excluding carboxylic acids is 2. The first kappa shape index (κ1) is 38.2. The van der Waals surface area contributed by atoms with Gasteiger partial charge in [0, 0.05) is 78.9 Å². The molecule has 4 aromatic rings. The van der Waals surface area contributed by atoms with E-state index in [0.29, 0.717) is 88.3 Å². The summed E-state index contributed by atoms with van der Waals surface area (Å²) in [6.45, 7) is 7.44. The molecule has 280 valence electrons. The average molecular weight is 766 g/mol. The molecule has 2 aromatic carbocycles. The molecule has 2 fully saturated rings. The smallest absolute Gasteiger partial charge is 0.410 e. The fourth-order valence-electron chi connectivity index (χ4n) is 6.55. The van der Waals surface area contributed by atoms with Crippen LogP contribution in [0.3, 0.4) is 0 Å². The van der Waals surface area contributed by atoms with Gasteiger partial charge in [-0.15, -0.1) is 0 Å². The molecule has 0 saturated carbocycles. The van der Waals surface area contributed by atoms with Crippen molar-refractivity contribution >= 4 is 46.7 Å². The summed E-state index contributed by atoms with van der Waals surface area (Å²) in [5.41, 5.74) is 3.29. The standard InChI is InChI=1S/C39H43Cl2FN6O5/c1-39(2,3)53-38(51)48(21-26-10-11-32(50)45-26)20-24-9-8-23(18-31(24)52-4)36-34(41)29(13-16-43-36)28-6-5-7-30(33(28)40)46-37-35(42)25(12-15-44-37)19-47-17-14-27(49)22-47/h5-9,12-13,15-16,18,26-27,49H,10-11,14,17,19-22H2,1-4H3,(H,44,46)(H,45,50)/t26-,27-/m0/s1. The van der Waals surface area contributed by atoms with E-state index in [9.17, 15) is 14.7 Å². The van der Waals surface area contributed by atoms with Gasteiger partial charge in [-0.3, -0.25) is 14.7 Å². The number of hydrogen-bond donors (Lipinski definition) is 3. The molecule has 0 bridgehead atoms. The minimum absolute atomic E-state index is 0.0354. The van der Waals surface area contributed by atoms with Crippen LogP contribution in [0.1, 0.15) is 51.2 Å². The van der Waals surface area contributed by atoms with E-state index in [0.717, 1.165) is 5.56 Å². The summed E-state index contributed by atoms with van der Waals surface area (Å²) in [5, 5.41) is 16.5. The highest BCUT2D eigenvalue weighted by atomic mass is 35.5. The van der Waals surface area contributed by atoms with Crippen molar-refractivity contribution in [3.05, 3.63) is 87.9 Å². The van der Waals surface area contributed by atoms with Gasteiger partial charge in [0.15, 0.2) is 11.6 Å². The number of aliphatic hydroxyl groups is 1. The summed E-state index contributed by atoms with van der Waals surface area (Å²) in [6, 6.07) is 14.1. The fraction of sp³-hybridized carbons (Fsp3) is 0.385. The highest BCUT2D eigenvalue weighted by molar-refractivity contribution is 6.39. The zero-order valence-corrected chi connectivity index (χ0v) is 31.6. The number of likely N-dealkylation sites (tertiary alicyclic amines) is 1. The lowest BCUT2D eigenvalue weighted by atomic mass is 10.0. The summed E-state index contributed by atoms with van der Waals surface area (Å²) in [4.78, 5) is 37.5. The maximum atomic E-state index is 15.6. The van der Waals surface area contributed by atoms with E-state index in [1.54, 1.807) is 69.4 Å². The highest BCUT2D eigenvalue weighted by Crippen LogP contribution is 2.42. The normalized spacial score (nSPS) is 17.5. The number of halogens is 3.